The molecule has 3 N–H and O–H groups in total. The van der Waals surface area contributed by atoms with Crippen LogP contribution in [-0.2, 0) is 6.42 Å². The van der Waals surface area contributed by atoms with Crippen molar-refractivity contribution < 1.29 is 14.3 Å². The summed E-state index contributed by atoms with van der Waals surface area (Å²) in [4.78, 5) is 26.3. The number of benzene rings is 1. The van der Waals surface area contributed by atoms with Crippen LogP contribution in [0, 0.1) is 5.82 Å². The molecule has 1 heterocycles. The molecule has 0 unspecified atom stereocenters. The van der Waals surface area contributed by atoms with Crippen molar-refractivity contribution in [2.24, 2.45) is 0 Å². The Balaban J connectivity index is 2.40. The van der Waals surface area contributed by atoms with Gasteiger partial charge in [-0.05, 0) is 11.6 Å². The van der Waals surface area contributed by atoms with Crippen LogP contribution in [-0.4, -0.2) is 21.0 Å². The van der Waals surface area contributed by atoms with Gasteiger partial charge in [-0.3, -0.25) is 4.98 Å². The standard InChI is InChI=1S/C11H9FN2O3/c12-7-4-2-1-3-6(7)5-8-9(10(15)16)14-11(17)13-8/h1-4H,5H2,(H,15,16)(H2,13,14,17). The van der Waals surface area contributed by atoms with Crippen molar-refractivity contribution >= 4 is 5.97 Å². The second-order valence-corrected chi connectivity index (χ2v) is 3.51. The van der Waals surface area contributed by atoms with E-state index in [9.17, 15) is 14.0 Å². The average Bonchev–Trinajstić information content (AvgIpc) is 2.63. The summed E-state index contributed by atoms with van der Waals surface area (Å²) in [6.07, 6.45) is 0.0209. The maximum Gasteiger partial charge on any atom is 0.354 e. The van der Waals surface area contributed by atoms with E-state index in [0.717, 1.165) is 0 Å². The molecule has 2 rings (SSSR count). The molecule has 0 aliphatic heterocycles. The Morgan fingerprint density at radius 1 is 1.29 bits per heavy atom. The Morgan fingerprint density at radius 2 is 2.00 bits per heavy atom. The SMILES string of the molecule is O=C(O)c1[nH]c(=O)[nH]c1Cc1ccccc1F. The summed E-state index contributed by atoms with van der Waals surface area (Å²) in [5.74, 6) is -1.69. The molecule has 0 saturated heterocycles. The van der Waals surface area contributed by atoms with Gasteiger partial charge < -0.3 is 10.1 Å². The number of carboxylic acid groups (broad SMARTS) is 1. The summed E-state index contributed by atoms with van der Waals surface area (Å²) in [5.41, 5.74) is -0.371. The Kier molecular flexibility index (Phi) is 2.78. The van der Waals surface area contributed by atoms with Crippen molar-refractivity contribution in [3.63, 3.8) is 0 Å². The summed E-state index contributed by atoms with van der Waals surface area (Å²) < 4.78 is 13.4. The highest BCUT2D eigenvalue weighted by Crippen LogP contribution is 2.12. The predicted molar refractivity (Wildman–Crippen MR) is 57.6 cm³/mol. The molecule has 0 bridgehead atoms. The summed E-state index contributed by atoms with van der Waals surface area (Å²) >= 11 is 0. The monoisotopic (exact) mass is 236 g/mol. The van der Waals surface area contributed by atoms with Gasteiger partial charge in [-0.15, -0.1) is 0 Å². The van der Waals surface area contributed by atoms with Gasteiger partial charge in [0.2, 0.25) is 0 Å². The van der Waals surface area contributed by atoms with Gasteiger partial charge in [0, 0.05) is 6.42 Å². The molecule has 0 aliphatic rings. The number of imidazole rings is 1. The lowest BCUT2D eigenvalue weighted by Gasteiger charge is -2.01. The van der Waals surface area contributed by atoms with Crippen LogP contribution >= 0.6 is 0 Å². The highest BCUT2D eigenvalue weighted by molar-refractivity contribution is 5.86. The van der Waals surface area contributed by atoms with Crippen LogP contribution in [0.2, 0.25) is 0 Å². The summed E-state index contributed by atoms with van der Waals surface area (Å²) in [5, 5.41) is 8.84. The molecular formula is C11H9FN2O3. The Hall–Kier alpha value is -2.37. The zero-order valence-electron chi connectivity index (χ0n) is 8.66. The van der Waals surface area contributed by atoms with Crippen molar-refractivity contribution in [1.29, 1.82) is 0 Å². The number of nitrogens with one attached hydrogen (secondary N) is 2. The number of aromatic amines is 2. The molecule has 0 spiro atoms. The van der Waals surface area contributed by atoms with Gasteiger partial charge in [0.1, 0.15) is 11.5 Å². The first-order valence-corrected chi connectivity index (χ1v) is 4.86. The molecular weight excluding hydrogens is 227 g/mol. The van der Waals surface area contributed by atoms with E-state index in [4.69, 9.17) is 5.11 Å². The third-order valence-corrected chi connectivity index (χ3v) is 2.34. The lowest BCUT2D eigenvalue weighted by Crippen LogP contribution is -2.04. The molecule has 0 fully saturated rings. The average molecular weight is 236 g/mol. The minimum Gasteiger partial charge on any atom is -0.477 e. The second-order valence-electron chi connectivity index (χ2n) is 3.51. The molecule has 0 radical (unpaired) electrons. The third-order valence-electron chi connectivity index (χ3n) is 2.34. The van der Waals surface area contributed by atoms with E-state index in [1.54, 1.807) is 6.07 Å². The minimum absolute atomic E-state index is 0.0209. The van der Waals surface area contributed by atoms with Gasteiger partial charge >= 0.3 is 11.7 Å². The van der Waals surface area contributed by atoms with Crippen LogP contribution in [0.3, 0.4) is 0 Å². The van der Waals surface area contributed by atoms with E-state index in [1.165, 1.54) is 18.2 Å². The van der Waals surface area contributed by atoms with Gasteiger partial charge in [-0.25, -0.2) is 14.0 Å². The largest absolute Gasteiger partial charge is 0.477 e. The van der Waals surface area contributed by atoms with Gasteiger partial charge in [0.05, 0.1) is 5.69 Å². The molecule has 0 saturated carbocycles. The Labute approximate surface area is 94.9 Å². The quantitative estimate of drug-likeness (QED) is 0.746. The topological polar surface area (TPSA) is 85.9 Å². The first kappa shape index (κ1) is 11.1. The first-order valence-electron chi connectivity index (χ1n) is 4.86. The number of aromatic carboxylic acids is 1. The second kappa shape index (κ2) is 4.25. The van der Waals surface area contributed by atoms with E-state index < -0.39 is 17.5 Å². The van der Waals surface area contributed by atoms with Crippen molar-refractivity contribution in [3.8, 4) is 0 Å². The fourth-order valence-electron chi connectivity index (χ4n) is 1.57. The number of carboxylic acids is 1. The van der Waals surface area contributed by atoms with E-state index in [2.05, 4.69) is 9.97 Å². The number of hydrogen-bond acceptors (Lipinski definition) is 2. The lowest BCUT2D eigenvalue weighted by atomic mass is 10.1. The van der Waals surface area contributed by atoms with Crippen LogP contribution < -0.4 is 5.69 Å². The molecule has 17 heavy (non-hydrogen) atoms. The molecule has 2 aromatic rings. The van der Waals surface area contributed by atoms with Crippen molar-refractivity contribution in [3.05, 3.63) is 57.5 Å². The van der Waals surface area contributed by atoms with Crippen LogP contribution in [0.5, 0.6) is 0 Å². The highest BCUT2D eigenvalue weighted by Gasteiger charge is 2.15. The fourth-order valence-corrected chi connectivity index (χ4v) is 1.57. The molecule has 0 atom stereocenters. The van der Waals surface area contributed by atoms with Crippen LogP contribution in [0.25, 0.3) is 0 Å². The van der Waals surface area contributed by atoms with Gasteiger partial charge in [-0.2, -0.15) is 0 Å². The van der Waals surface area contributed by atoms with Crippen molar-refractivity contribution in [2.75, 3.05) is 0 Å². The van der Waals surface area contributed by atoms with Crippen LogP contribution in [0.15, 0.2) is 29.1 Å². The molecule has 88 valence electrons. The highest BCUT2D eigenvalue weighted by atomic mass is 19.1. The summed E-state index contributed by atoms with van der Waals surface area (Å²) in [7, 11) is 0. The first-order chi connectivity index (χ1) is 8.08. The zero-order valence-corrected chi connectivity index (χ0v) is 8.66. The number of H-pyrrole nitrogens is 2. The zero-order chi connectivity index (χ0) is 12.4. The minimum atomic E-state index is -1.25. The smallest absolute Gasteiger partial charge is 0.354 e. The van der Waals surface area contributed by atoms with Gasteiger partial charge in [0.15, 0.2) is 0 Å². The molecule has 1 aromatic carbocycles. The van der Waals surface area contributed by atoms with E-state index in [0.29, 0.717) is 5.56 Å². The number of hydrogen-bond donors (Lipinski definition) is 3. The summed E-state index contributed by atoms with van der Waals surface area (Å²) in [6.45, 7) is 0. The van der Waals surface area contributed by atoms with Gasteiger partial charge in [0.25, 0.3) is 0 Å². The van der Waals surface area contributed by atoms with Crippen molar-refractivity contribution in [2.45, 2.75) is 6.42 Å². The molecule has 6 heteroatoms. The third kappa shape index (κ3) is 2.25. The Bertz CT molecular complexity index is 615. The predicted octanol–water partition coefficient (Wildman–Crippen LogP) is 1.13. The fraction of sp³-hybridized carbons (Fsp3) is 0.0909. The van der Waals surface area contributed by atoms with Crippen LogP contribution in [0.1, 0.15) is 21.7 Å². The lowest BCUT2D eigenvalue weighted by molar-refractivity contribution is 0.0690. The van der Waals surface area contributed by atoms with Gasteiger partial charge in [-0.1, -0.05) is 18.2 Å². The number of halogens is 1. The van der Waals surface area contributed by atoms with Crippen LogP contribution in [0.4, 0.5) is 4.39 Å². The molecule has 5 nitrogen and oxygen atoms in total. The number of rotatable bonds is 3. The van der Waals surface area contributed by atoms with Crippen molar-refractivity contribution in [1.82, 2.24) is 9.97 Å². The van der Waals surface area contributed by atoms with E-state index in [1.807, 2.05) is 0 Å². The Morgan fingerprint density at radius 3 is 2.65 bits per heavy atom. The van der Waals surface area contributed by atoms with E-state index >= 15 is 0 Å². The normalized spacial score (nSPS) is 10.4. The molecule has 1 aromatic heterocycles. The number of aromatic nitrogens is 2. The maximum atomic E-state index is 13.4. The summed E-state index contributed by atoms with van der Waals surface area (Å²) in [6, 6.07) is 5.99. The van der Waals surface area contributed by atoms with E-state index in [-0.39, 0.29) is 17.8 Å². The molecule has 0 aliphatic carbocycles. The maximum absolute atomic E-state index is 13.4. The number of carbonyl (C=O) groups is 1. The molecule has 0 amide bonds.